The number of fused-ring (bicyclic) bond motifs is 2. The summed E-state index contributed by atoms with van der Waals surface area (Å²) in [4.78, 5) is 12.2. The molecule has 0 amide bonds. The first-order chi connectivity index (χ1) is 27.7. The van der Waals surface area contributed by atoms with Crippen molar-refractivity contribution < 1.29 is 5.11 Å². The minimum Gasteiger partial charge on any atom is -0.390 e. The Labute approximate surface area is 391 Å². The van der Waals surface area contributed by atoms with Gasteiger partial charge in [0, 0.05) is 44.8 Å². The van der Waals surface area contributed by atoms with Crippen molar-refractivity contribution in [2.75, 3.05) is 87.6 Å². The summed E-state index contributed by atoms with van der Waals surface area (Å²) in [7, 11) is 11.1. The van der Waals surface area contributed by atoms with Gasteiger partial charge in [-0.05, 0) is 202 Å². The molecule has 0 saturated carbocycles. The first kappa shape index (κ1) is 59.8. The van der Waals surface area contributed by atoms with Gasteiger partial charge in [-0.15, -0.1) is 0 Å². The number of rotatable bonds is 6. The van der Waals surface area contributed by atoms with E-state index in [0.29, 0.717) is 27.1 Å². The van der Waals surface area contributed by atoms with E-state index in [2.05, 4.69) is 164 Å². The fraction of sp³-hybridized carbons (Fsp3) is 1.00. The zero-order valence-electron chi connectivity index (χ0n) is 45.4. The van der Waals surface area contributed by atoms with E-state index in [4.69, 9.17) is 0 Å². The molecule has 0 aliphatic carbocycles. The Bertz CT molecular complexity index is 1150. The molecule has 6 heterocycles. The van der Waals surface area contributed by atoms with Crippen molar-refractivity contribution in [2.45, 2.75) is 225 Å². The van der Waals surface area contributed by atoms with Gasteiger partial charge in [-0.25, -0.2) is 0 Å². The SMILES string of the molecule is C.CN1C2CCC1CC(CC(C)(C)C)C2.CN1CC(CC(C)(C)C)C1.CN1CCC(CC(C)(C)C)C1.CN1CCC(CC(C)(C)C)CC1.CN1CCC(O)(CCC(C)(C)C)CC1. The molecular weight excluding hydrogens is 759 g/mol. The molecule has 6 rings (SSSR count). The van der Waals surface area contributed by atoms with Crippen molar-refractivity contribution in [3.63, 3.8) is 0 Å². The molecule has 0 aromatic rings. The van der Waals surface area contributed by atoms with Crippen molar-refractivity contribution in [1.29, 1.82) is 0 Å². The van der Waals surface area contributed by atoms with E-state index in [1.807, 2.05) is 0 Å². The summed E-state index contributed by atoms with van der Waals surface area (Å²) in [5.74, 6) is 3.93. The van der Waals surface area contributed by atoms with Crippen LogP contribution in [-0.2, 0) is 0 Å². The molecule has 6 fully saturated rings. The zero-order valence-corrected chi connectivity index (χ0v) is 45.4. The minimum atomic E-state index is -0.375. The van der Waals surface area contributed by atoms with Crippen LogP contribution in [0.4, 0.5) is 0 Å². The standard InChI is InChI=1S/C13H25N.C12H25NO.C11H23N.C10H21N.C9H19N.CH4/c1-13(2,3)9-10-7-11-5-6-12(8-10)14(11)4;1-11(2,3)5-6-12(14)7-9-13(4)10-8-12;1-11(2,3)9-10-5-7-12(4)8-6-10;1-10(2,3)7-9-5-6-11(4)8-9;1-9(2,3)5-8-6-10(4)7-8;/h10-12H,5-9H2,1-4H3;14H,5-10H2,1-4H3;10H,5-9H2,1-4H3;9H,5-8H2,1-4H3;8H,5-7H2,1-4H3;1H4. The molecule has 3 atom stereocenters. The molecule has 6 aliphatic rings. The summed E-state index contributed by atoms with van der Waals surface area (Å²) in [6, 6.07) is 1.84. The largest absolute Gasteiger partial charge is 0.390 e. The molecule has 0 radical (unpaired) electrons. The molecule has 6 aliphatic heterocycles. The molecule has 1 N–H and O–H groups in total. The van der Waals surface area contributed by atoms with E-state index in [-0.39, 0.29) is 13.0 Å². The molecule has 6 heteroatoms. The van der Waals surface area contributed by atoms with Gasteiger partial charge in [0.05, 0.1) is 5.60 Å². The summed E-state index contributed by atoms with van der Waals surface area (Å²) in [5.41, 5.74) is 2.08. The van der Waals surface area contributed by atoms with Crippen LogP contribution in [0.3, 0.4) is 0 Å². The highest BCUT2D eigenvalue weighted by Gasteiger charge is 2.39. The molecule has 6 nitrogen and oxygen atoms in total. The number of aliphatic hydroxyl groups is 1. The van der Waals surface area contributed by atoms with E-state index >= 15 is 0 Å². The van der Waals surface area contributed by atoms with E-state index in [9.17, 15) is 5.11 Å². The second-order valence-electron chi connectivity index (χ2n) is 28.3. The lowest BCUT2D eigenvalue weighted by molar-refractivity contribution is -0.0294. The second kappa shape index (κ2) is 25.8. The molecular formula is C56H117N5O. The summed E-state index contributed by atoms with van der Waals surface area (Å²) >= 11 is 0. The predicted molar refractivity (Wildman–Crippen MR) is 277 cm³/mol. The predicted octanol–water partition coefficient (Wildman–Crippen LogP) is 13.3. The summed E-state index contributed by atoms with van der Waals surface area (Å²) in [6.45, 7) is 44.9. The third-order valence-electron chi connectivity index (χ3n) is 14.5. The van der Waals surface area contributed by atoms with Gasteiger partial charge in [-0.3, -0.25) is 0 Å². The lowest BCUT2D eigenvalue weighted by Gasteiger charge is -2.39. The van der Waals surface area contributed by atoms with E-state index in [1.165, 1.54) is 110 Å². The molecule has 62 heavy (non-hydrogen) atoms. The number of likely N-dealkylation sites (tertiary alicyclic amines) is 4. The molecule has 0 aromatic carbocycles. The highest BCUT2D eigenvalue weighted by atomic mass is 16.3. The molecule has 2 bridgehead atoms. The van der Waals surface area contributed by atoms with Gasteiger partial charge in [-0.1, -0.05) is 111 Å². The fourth-order valence-electron chi connectivity index (χ4n) is 11.5. The Kier molecular flexibility index (Phi) is 24.8. The third kappa shape index (κ3) is 27.4. The van der Waals surface area contributed by atoms with Gasteiger partial charge in [0.25, 0.3) is 0 Å². The van der Waals surface area contributed by atoms with Crippen LogP contribution in [0.1, 0.15) is 208 Å². The highest BCUT2D eigenvalue weighted by Crippen LogP contribution is 2.42. The van der Waals surface area contributed by atoms with Crippen molar-refractivity contribution in [3.05, 3.63) is 0 Å². The van der Waals surface area contributed by atoms with Gasteiger partial charge < -0.3 is 29.6 Å². The van der Waals surface area contributed by atoms with Crippen LogP contribution >= 0.6 is 0 Å². The average Bonchev–Trinajstić information content (AvgIpc) is 3.55. The van der Waals surface area contributed by atoms with Gasteiger partial charge in [0.15, 0.2) is 0 Å². The van der Waals surface area contributed by atoms with Crippen LogP contribution in [0.25, 0.3) is 0 Å². The monoisotopic (exact) mass is 876 g/mol. The van der Waals surface area contributed by atoms with E-state index in [1.54, 1.807) is 0 Å². The molecule has 3 unspecified atom stereocenters. The molecule has 0 aromatic heterocycles. The highest BCUT2D eigenvalue weighted by molar-refractivity contribution is 4.94. The molecule has 372 valence electrons. The second-order valence-corrected chi connectivity index (χ2v) is 28.3. The van der Waals surface area contributed by atoms with Gasteiger partial charge in [0.1, 0.15) is 0 Å². The maximum absolute atomic E-state index is 10.3. The van der Waals surface area contributed by atoms with Crippen LogP contribution < -0.4 is 0 Å². The number of hydrogen-bond acceptors (Lipinski definition) is 6. The van der Waals surface area contributed by atoms with E-state index in [0.717, 1.165) is 74.5 Å². The van der Waals surface area contributed by atoms with Crippen LogP contribution in [0.5, 0.6) is 0 Å². The maximum atomic E-state index is 10.3. The van der Waals surface area contributed by atoms with Gasteiger partial charge in [0.2, 0.25) is 0 Å². The topological polar surface area (TPSA) is 36.4 Å². The Morgan fingerprint density at radius 3 is 1.16 bits per heavy atom. The van der Waals surface area contributed by atoms with Crippen LogP contribution in [0.15, 0.2) is 0 Å². The average molecular weight is 877 g/mol. The normalized spacial score (nSPS) is 27.2. The Balaban J connectivity index is 0.000000388. The minimum absolute atomic E-state index is 0. The van der Waals surface area contributed by atoms with Gasteiger partial charge >= 0.3 is 0 Å². The zero-order chi connectivity index (χ0) is 46.6. The summed E-state index contributed by atoms with van der Waals surface area (Å²) < 4.78 is 0. The Morgan fingerprint density at radius 1 is 0.419 bits per heavy atom. The van der Waals surface area contributed by atoms with Gasteiger partial charge in [-0.2, -0.15) is 0 Å². The first-order valence-electron chi connectivity index (χ1n) is 25.9. The van der Waals surface area contributed by atoms with Crippen molar-refractivity contribution in [2.24, 2.45) is 50.7 Å². The lowest BCUT2D eigenvalue weighted by atomic mass is 9.78. The van der Waals surface area contributed by atoms with E-state index < -0.39 is 0 Å². The number of nitrogens with zero attached hydrogens (tertiary/aromatic N) is 5. The number of hydrogen-bond donors (Lipinski definition) is 1. The molecule has 6 saturated heterocycles. The maximum Gasteiger partial charge on any atom is 0.0672 e. The lowest BCUT2D eigenvalue weighted by Crippen LogP contribution is -2.45. The first-order valence-corrected chi connectivity index (χ1v) is 25.9. The van der Waals surface area contributed by atoms with Crippen LogP contribution in [0, 0.1) is 50.7 Å². The van der Waals surface area contributed by atoms with Crippen molar-refractivity contribution >= 4 is 0 Å². The van der Waals surface area contributed by atoms with Crippen LogP contribution in [0.2, 0.25) is 0 Å². The quantitative estimate of drug-likeness (QED) is 0.287. The fourth-order valence-corrected chi connectivity index (χ4v) is 11.5. The summed E-state index contributed by atoms with van der Waals surface area (Å²) in [6.07, 6.45) is 19.6. The Hall–Kier alpha value is -0.240. The smallest absolute Gasteiger partial charge is 0.0672 e. The Morgan fingerprint density at radius 2 is 0.774 bits per heavy atom. The van der Waals surface area contributed by atoms with Crippen molar-refractivity contribution in [1.82, 2.24) is 24.5 Å². The molecule has 0 spiro atoms. The van der Waals surface area contributed by atoms with Crippen molar-refractivity contribution in [3.8, 4) is 0 Å². The summed E-state index contributed by atoms with van der Waals surface area (Å²) in [5, 5.41) is 10.3. The third-order valence-corrected chi connectivity index (χ3v) is 14.5. The number of piperidine rings is 3. The van der Waals surface area contributed by atoms with Crippen LogP contribution in [-0.4, -0.2) is 135 Å².